The first-order chi connectivity index (χ1) is 10.1. The summed E-state index contributed by atoms with van der Waals surface area (Å²) < 4.78 is 19.0. The van der Waals surface area contributed by atoms with Crippen LogP contribution in [0, 0.1) is 12.7 Å². The van der Waals surface area contributed by atoms with Crippen molar-refractivity contribution in [1.29, 1.82) is 0 Å². The van der Waals surface area contributed by atoms with Gasteiger partial charge in [-0.2, -0.15) is 0 Å². The molecule has 22 heavy (non-hydrogen) atoms. The van der Waals surface area contributed by atoms with Crippen molar-refractivity contribution in [1.82, 2.24) is 4.90 Å². The van der Waals surface area contributed by atoms with Gasteiger partial charge >= 0.3 is 0 Å². The van der Waals surface area contributed by atoms with Gasteiger partial charge < -0.3 is 15.4 Å². The normalized spacial score (nSPS) is 15.5. The lowest BCUT2D eigenvalue weighted by Crippen LogP contribution is -2.41. The lowest BCUT2D eigenvalue weighted by atomic mass is 10.0. The number of amides is 1. The van der Waals surface area contributed by atoms with Gasteiger partial charge in [0.2, 0.25) is 0 Å². The summed E-state index contributed by atoms with van der Waals surface area (Å²) in [6.45, 7) is 4.45. The molecule has 1 saturated heterocycles. The third kappa shape index (κ3) is 4.93. The summed E-state index contributed by atoms with van der Waals surface area (Å²) in [4.78, 5) is 14.2. The van der Waals surface area contributed by atoms with E-state index in [1.807, 2.05) is 6.92 Å². The van der Waals surface area contributed by atoms with Crippen molar-refractivity contribution in [2.24, 2.45) is 5.73 Å². The van der Waals surface area contributed by atoms with Crippen LogP contribution in [-0.4, -0.2) is 43.2 Å². The van der Waals surface area contributed by atoms with Gasteiger partial charge in [0, 0.05) is 25.3 Å². The highest BCUT2D eigenvalue weighted by molar-refractivity contribution is 5.95. The van der Waals surface area contributed by atoms with Crippen LogP contribution in [0.2, 0.25) is 0 Å². The van der Waals surface area contributed by atoms with Gasteiger partial charge in [-0.25, -0.2) is 4.39 Å². The zero-order valence-electron chi connectivity index (χ0n) is 12.9. The third-order valence-electron chi connectivity index (χ3n) is 3.86. The maximum Gasteiger partial charge on any atom is 0.254 e. The van der Waals surface area contributed by atoms with E-state index in [9.17, 15) is 9.18 Å². The molecular weight excluding hydrogens is 307 g/mol. The first-order valence-corrected chi connectivity index (χ1v) is 7.49. The van der Waals surface area contributed by atoms with Crippen LogP contribution in [-0.2, 0) is 4.74 Å². The highest BCUT2D eigenvalue weighted by Crippen LogP contribution is 2.19. The first kappa shape index (κ1) is 18.9. The van der Waals surface area contributed by atoms with E-state index >= 15 is 0 Å². The number of rotatable bonds is 5. The van der Waals surface area contributed by atoms with Gasteiger partial charge in [-0.05, 0) is 50.4 Å². The molecule has 0 radical (unpaired) electrons. The third-order valence-corrected chi connectivity index (χ3v) is 3.86. The molecule has 0 unspecified atom stereocenters. The fourth-order valence-corrected chi connectivity index (χ4v) is 2.55. The molecule has 2 rings (SSSR count). The molecule has 0 bridgehead atoms. The minimum Gasteiger partial charge on any atom is -0.378 e. The van der Waals surface area contributed by atoms with Crippen LogP contribution in [0.5, 0.6) is 0 Å². The van der Waals surface area contributed by atoms with Crippen LogP contribution in [0.15, 0.2) is 18.2 Å². The number of aryl methyl sites for hydroxylation is 1. The first-order valence-electron chi connectivity index (χ1n) is 7.49. The Morgan fingerprint density at radius 2 is 2.09 bits per heavy atom. The Hall–Kier alpha value is -1.17. The number of ether oxygens (including phenoxy) is 1. The minimum atomic E-state index is -0.371. The van der Waals surface area contributed by atoms with E-state index in [1.54, 1.807) is 11.0 Å². The van der Waals surface area contributed by atoms with Gasteiger partial charge in [-0.1, -0.05) is 6.07 Å². The van der Waals surface area contributed by atoms with E-state index in [1.165, 1.54) is 12.1 Å². The lowest BCUT2D eigenvalue weighted by Gasteiger charge is -2.32. The van der Waals surface area contributed by atoms with E-state index in [2.05, 4.69) is 0 Å². The van der Waals surface area contributed by atoms with Gasteiger partial charge in [0.05, 0.1) is 6.10 Å². The number of hydrogen-bond acceptors (Lipinski definition) is 3. The number of hydrogen-bond donors (Lipinski definition) is 1. The second-order valence-corrected chi connectivity index (χ2v) is 5.46. The van der Waals surface area contributed by atoms with Crippen molar-refractivity contribution in [2.45, 2.75) is 32.3 Å². The van der Waals surface area contributed by atoms with Gasteiger partial charge in [-0.15, -0.1) is 12.4 Å². The zero-order chi connectivity index (χ0) is 15.2. The molecule has 2 N–H and O–H groups in total. The minimum absolute atomic E-state index is 0. The predicted octanol–water partition coefficient (Wildman–Crippen LogP) is 2.53. The Balaban J connectivity index is 0.00000242. The largest absolute Gasteiger partial charge is 0.378 e. The van der Waals surface area contributed by atoms with Crippen LogP contribution in [0.1, 0.15) is 35.2 Å². The van der Waals surface area contributed by atoms with E-state index in [0.29, 0.717) is 31.8 Å². The summed E-state index contributed by atoms with van der Waals surface area (Å²) in [5.74, 6) is -0.462. The predicted molar refractivity (Wildman–Crippen MR) is 86.9 cm³/mol. The molecule has 1 aliphatic rings. The quantitative estimate of drug-likeness (QED) is 0.844. The maximum atomic E-state index is 13.3. The Bertz CT molecular complexity index is 491. The summed E-state index contributed by atoms with van der Waals surface area (Å²) in [5, 5.41) is 0. The monoisotopic (exact) mass is 330 g/mol. The molecule has 0 spiro atoms. The number of benzene rings is 1. The van der Waals surface area contributed by atoms with Crippen molar-refractivity contribution < 1.29 is 13.9 Å². The highest BCUT2D eigenvalue weighted by Gasteiger charge is 2.24. The number of nitrogens with two attached hydrogens (primary N) is 1. The maximum absolute atomic E-state index is 13.3. The molecular formula is C16H24ClFN2O2. The van der Waals surface area contributed by atoms with Crippen LogP contribution in [0.4, 0.5) is 4.39 Å². The van der Waals surface area contributed by atoms with Crippen LogP contribution in [0.25, 0.3) is 0 Å². The molecule has 1 aliphatic heterocycles. The van der Waals surface area contributed by atoms with Gasteiger partial charge in [-0.3, -0.25) is 4.79 Å². The van der Waals surface area contributed by atoms with E-state index < -0.39 is 0 Å². The molecule has 6 heteroatoms. The molecule has 1 amide bonds. The lowest BCUT2D eigenvalue weighted by molar-refractivity contribution is 0.00842. The summed E-state index contributed by atoms with van der Waals surface area (Å²) in [5.41, 5.74) is 6.70. The number of piperidine rings is 1. The Kier molecular flexibility index (Phi) is 7.79. The van der Waals surface area contributed by atoms with Crippen molar-refractivity contribution in [2.75, 3.05) is 26.2 Å². The summed E-state index contributed by atoms with van der Waals surface area (Å²) in [6.07, 6.45) is 2.71. The Morgan fingerprint density at radius 3 is 2.73 bits per heavy atom. The van der Waals surface area contributed by atoms with Gasteiger partial charge in [0.25, 0.3) is 5.91 Å². The number of carbonyl (C=O) groups is 1. The van der Waals surface area contributed by atoms with E-state index in [4.69, 9.17) is 10.5 Å². The number of halogens is 2. The molecule has 0 atom stereocenters. The van der Waals surface area contributed by atoms with Crippen LogP contribution >= 0.6 is 12.4 Å². The topological polar surface area (TPSA) is 55.6 Å². The van der Waals surface area contributed by atoms with E-state index in [-0.39, 0.29) is 30.2 Å². The van der Waals surface area contributed by atoms with Gasteiger partial charge in [0.1, 0.15) is 5.82 Å². The number of carbonyl (C=O) groups excluding carboxylic acids is 1. The fourth-order valence-electron chi connectivity index (χ4n) is 2.55. The molecule has 0 saturated carbocycles. The highest BCUT2D eigenvalue weighted by atomic mass is 35.5. The molecule has 4 nitrogen and oxygen atoms in total. The molecule has 1 aromatic carbocycles. The molecule has 1 aromatic rings. The van der Waals surface area contributed by atoms with Crippen molar-refractivity contribution in [3.05, 3.63) is 35.1 Å². The standard InChI is InChI=1S/C16H23FN2O2.ClH/c1-12-3-4-13(17)11-15(12)16(20)19-8-5-14(6-9-19)21-10-2-7-18;/h3-4,11,14H,2,5-10,18H2,1H3;1H. The number of likely N-dealkylation sites (tertiary alicyclic amines) is 1. The summed E-state index contributed by atoms with van der Waals surface area (Å²) >= 11 is 0. The van der Waals surface area contributed by atoms with Crippen molar-refractivity contribution in [3.63, 3.8) is 0 Å². The molecule has 0 aliphatic carbocycles. The SMILES string of the molecule is Cc1ccc(F)cc1C(=O)N1CCC(OCCCN)CC1.Cl. The Morgan fingerprint density at radius 1 is 1.41 bits per heavy atom. The summed E-state index contributed by atoms with van der Waals surface area (Å²) in [6, 6.07) is 4.34. The zero-order valence-corrected chi connectivity index (χ0v) is 13.7. The van der Waals surface area contributed by atoms with Crippen LogP contribution < -0.4 is 5.73 Å². The second-order valence-electron chi connectivity index (χ2n) is 5.46. The van der Waals surface area contributed by atoms with E-state index in [0.717, 1.165) is 24.8 Å². The second kappa shape index (κ2) is 9.08. The average molecular weight is 331 g/mol. The van der Waals surface area contributed by atoms with Crippen molar-refractivity contribution >= 4 is 18.3 Å². The molecule has 0 aromatic heterocycles. The molecule has 1 heterocycles. The summed E-state index contributed by atoms with van der Waals surface area (Å²) in [7, 11) is 0. The average Bonchev–Trinajstić information content (AvgIpc) is 2.50. The van der Waals surface area contributed by atoms with Gasteiger partial charge in [0.15, 0.2) is 0 Å². The smallest absolute Gasteiger partial charge is 0.254 e. The van der Waals surface area contributed by atoms with Crippen molar-refractivity contribution in [3.8, 4) is 0 Å². The van der Waals surface area contributed by atoms with Crippen LogP contribution in [0.3, 0.4) is 0 Å². The number of nitrogens with zero attached hydrogens (tertiary/aromatic N) is 1. The molecule has 124 valence electrons. The Labute approximate surface area is 137 Å². The molecule has 1 fully saturated rings. The fraction of sp³-hybridized carbons (Fsp3) is 0.562.